The molecule has 2 N–H and O–H groups in total. The number of amides is 1. The first-order valence-corrected chi connectivity index (χ1v) is 10.7. The van der Waals surface area contributed by atoms with Crippen LogP contribution in [0.15, 0.2) is 36.4 Å². The largest absolute Gasteiger partial charge is 0.490 e. The molecule has 0 aliphatic heterocycles. The molecule has 0 unspecified atom stereocenters. The van der Waals surface area contributed by atoms with Crippen LogP contribution in [0.25, 0.3) is 11.4 Å². The van der Waals surface area contributed by atoms with Gasteiger partial charge < -0.3 is 14.8 Å². The van der Waals surface area contributed by atoms with Crippen LogP contribution in [0.4, 0.5) is 5.69 Å². The smallest absolute Gasteiger partial charge is 0.255 e. The second kappa shape index (κ2) is 10.3. The Labute approximate surface area is 187 Å². The Kier molecular flexibility index (Phi) is 7.52. The molecule has 8 heteroatoms. The van der Waals surface area contributed by atoms with E-state index in [1.54, 1.807) is 12.1 Å². The first-order chi connectivity index (χ1) is 14.9. The zero-order valence-electron chi connectivity index (χ0n) is 18.2. The molecular formula is C23H27ClN4O3. The summed E-state index contributed by atoms with van der Waals surface area (Å²) in [4.78, 5) is 17.6. The number of aromatic amines is 1. The van der Waals surface area contributed by atoms with Crippen LogP contribution in [0, 0.1) is 0 Å². The van der Waals surface area contributed by atoms with Gasteiger partial charge in [-0.2, -0.15) is 5.10 Å². The number of hydrogen-bond donors (Lipinski definition) is 2. The summed E-state index contributed by atoms with van der Waals surface area (Å²) in [6.45, 7) is 8.87. The summed E-state index contributed by atoms with van der Waals surface area (Å²) in [7, 11) is 0. The van der Waals surface area contributed by atoms with Crippen LogP contribution in [-0.4, -0.2) is 34.3 Å². The molecule has 0 bridgehead atoms. The van der Waals surface area contributed by atoms with Gasteiger partial charge in [-0.15, -0.1) is 0 Å². The Bertz CT molecular complexity index is 1050. The molecule has 1 amide bonds. The van der Waals surface area contributed by atoms with Crippen molar-refractivity contribution in [1.29, 1.82) is 0 Å². The van der Waals surface area contributed by atoms with E-state index in [2.05, 4.69) is 20.5 Å². The lowest BCUT2D eigenvalue weighted by molar-refractivity contribution is 0.102. The predicted octanol–water partition coefficient (Wildman–Crippen LogP) is 5.69. The number of H-pyrrole nitrogens is 1. The van der Waals surface area contributed by atoms with E-state index in [9.17, 15) is 4.79 Å². The first-order valence-electron chi connectivity index (χ1n) is 10.4. The number of para-hydroxylation sites is 1. The Hall–Kier alpha value is -3.06. The topological polar surface area (TPSA) is 89.1 Å². The van der Waals surface area contributed by atoms with Crippen molar-refractivity contribution in [3.8, 4) is 22.9 Å². The molecule has 0 saturated heterocycles. The Morgan fingerprint density at radius 3 is 2.65 bits per heavy atom. The molecule has 2 aromatic carbocycles. The Balaban J connectivity index is 1.90. The minimum Gasteiger partial charge on any atom is -0.490 e. The van der Waals surface area contributed by atoms with Gasteiger partial charge in [0, 0.05) is 17.0 Å². The number of anilines is 1. The molecule has 0 saturated carbocycles. The van der Waals surface area contributed by atoms with Crippen molar-refractivity contribution in [2.45, 2.75) is 40.0 Å². The molecule has 7 nitrogen and oxygen atoms in total. The number of nitrogens with zero attached hydrogens (tertiary/aromatic N) is 2. The molecular weight excluding hydrogens is 416 g/mol. The lowest BCUT2D eigenvalue weighted by Crippen LogP contribution is -2.13. The van der Waals surface area contributed by atoms with Crippen LogP contribution >= 0.6 is 11.6 Å². The quantitative estimate of drug-likeness (QED) is 0.444. The van der Waals surface area contributed by atoms with E-state index in [-0.39, 0.29) is 11.8 Å². The summed E-state index contributed by atoms with van der Waals surface area (Å²) in [6.07, 6.45) is 0.834. The third-order valence-corrected chi connectivity index (χ3v) is 4.77. The molecule has 0 aliphatic carbocycles. The van der Waals surface area contributed by atoms with E-state index in [4.69, 9.17) is 21.1 Å². The van der Waals surface area contributed by atoms with Gasteiger partial charge in [0.2, 0.25) is 0 Å². The Morgan fingerprint density at radius 1 is 1.19 bits per heavy atom. The zero-order valence-corrected chi connectivity index (χ0v) is 18.9. The maximum Gasteiger partial charge on any atom is 0.255 e. The predicted molar refractivity (Wildman–Crippen MR) is 122 cm³/mol. The summed E-state index contributed by atoms with van der Waals surface area (Å²) >= 11 is 6.40. The van der Waals surface area contributed by atoms with E-state index in [1.165, 1.54) is 0 Å². The minimum atomic E-state index is -0.322. The molecule has 3 rings (SSSR count). The van der Waals surface area contributed by atoms with Crippen LogP contribution in [0.3, 0.4) is 0 Å². The van der Waals surface area contributed by atoms with E-state index >= 15 is 0 Å². The van der Waals surface area contributed by atoms with Gasteiger partial charge >= 0.3 is 0 Å². The second-order valence-corrected chi connectivity index (χ2v) is 7.67. The van der Waals surface area contributed by atoms with Crippen LogP contribution in [0.1, 0.15) is 56.2 Å². The lowest BCUT2D eigenvalue weighted by Gasteiger charge is -2.15. The second-order valence-electron chi connectivity index (χ2n) is 7.27. The fourth-order valence-electron chi connectivity index (χ4n) is 2.94. The van der Waals surface area contributed by atoms with Gasteiger partial charge in [0.05, 0.1) is 23.9 Å². The molecule has 3 aromatic rings. The molecule has 164 valence electrons. The molecule has 31 heavy (non-hydrogen) atoms. The van der Waals surface area contributed by atoms with Gasteiger partial charge in [-0.3, -0.25) is 9.89 Å². The summed E-state index contributed by atoms with van der Waals surface area (Å²) in [5.41, 5.74) is 1.69. The SMILES string of the molecule is CCCOc1c(Cl)cc(C(=O)Nc2ccccc2-c2n[nH]c(C(C)C)n2)cc1OCC. The Morgan fingerprint density at radius 2 is 1.97 bits per heavy atom. The molecule has 0 aliphatic rings. The monoisotopic (exact) mass is 442 g/mol. The van der Waals surface area contributed by atoms with Gasteiger partial charge in [-0.05, 0) is 37.6 Å². The normalized spacial score (nSPS) is 10.9. The number of carbonyl (C=O) groups excluding carboxylic acids is 1. The van der Waals surface area contributed by atoms with Crippen molar-refractivity contribution in [2.75, 3.05) is 18.5 Å². The minimum absolute atomic E-state index is 0.218. The van der Waals surface area contributed by atoms with Crippen LogP contribution in [0.5, 0.6) is 11.5 Å². The fraction of sp³-hybridized carbons (Fsp3) is 0.348. The van der Waals surface area contributed by atoms with Gasteiger partial charge in [0.25, 0.3) is 5.91 Å². The first kappa shape index (κ1) is 22.6. The fourth-order valence-corrected chi connectivity index (χ4v) is 3.21. The summed E-state index contributed by atoms with van der Waals surface area (Å²) in [5.74, 6) is 2.09. The highest BCUT2D eigenvalue weighted by molar-refractivity contribution is 6.32. The van der Waals surface area contributed by atoms with Crippen LogP contribution < -0.4 is 14.8 Å². The number of rotatable bonds is 9. The van der Waals surface area contributed by atoms with Crippen molar-refractivity contribution in [3.05, 3.63) is 52.8 Å². The van der Waals surface area contributed by atoms with Crippen molar-refractivity contribution < 1.29 is 14.3 Å². The summed E-state index contributed by atoms with van der Waals surface area (Å²) in [6, 6.07) is 10.6. The van der Waals surface area contributed by atoms with Crippen molar-refractivity contribution in [3.63, 3.8) is 0 Å². The van der Waals surface area contributed by atoms with Gasteiger partial charge in [-0.25, -0.2) is 4.98 Å². The number of benzene rings is 2. The maximum absolute atomic E-state index is 13.0. The average molecular weight is 443 g/mol. The molecule has 0 atom stereocenters. The van der Waals surface area contributed by atoms with E-state index < -0.39 is 0 Å². The summed E-state index contributed by atoms with van der Waals surface area (Å²) in [5, 5.41) is 10.5. The van der Waals surface area contributed by atoms with Crippen molar-refractivity contribution >= 4 is 23.2 Å². The lowest BCUT2D eigenvalue weighted by atomic mass is 10.1. The molecule has 0 fully saturated rings. The standard InChI is InChI=1S/C23H27ClN4O3/c1-5-11-31-20-17(24)12-15(13-19(20)30-6-2)23(29)25-18-10-8-7-9-16(18)22-26-21(14(3)4)27-28-22/h7-10,12-14H,5-6,11H2,1-4H3,(H,25,29)(H,26,27,28). The number of halogens is 1. The van der Waals surface area contributed by atoms with Gasteiger partial charge in [0.1, 0.15) is 5.82 Å². The number of carbonyl (C=O) groups is 1. The molecule has 0 radical (unpaired) electrons. The zero-order chi connectivity index (χ0) is 22.4. The van der Waals surface area contributed by atoms with Gasteiger partial charge in [-0.1, -0.05) is 44.5 Å². The van der Waals surface area contributed by atoms with Crippen molar-refractivity contribution in [2.24, 2.45) is 0 Å². The number of aromatic nitrogens is 3. The van der Waals surface area contributed by atoms with E-state index in [1.807, 2.05) is 52.0 Å². The third-order valence-electron chi connectivity index (χ3n) is 4.49. The molecule has 0 spiro atoms. The number of nitrogens with one attached hydrogen (secondary N) is 2. The number of hydrogen-bond acceptors (Lipinski definition) is 5. The highest BCUT2D eigenvalue weighted by Gasteiger charge is 2.18. The third kappa shape index (κ3) is 5.35. The van der Waals surface area contributed by atoms with Gasteiger partial charge in [0.15, 0.2) is 17.3 Å². The van der Waals surface area contributed by atoms with Crippen molar-refractivity contribution in [1.82, 2.24) is 15.2 Å². The highest BCUT2D eigenvalue weighted by atomic mass is 35.5. The van der Waals surface area contributed by atoms with Crippen LogP contribution in [-0.2, 0) is 0 Å². The molecule has 1 heterocycles. The average Bonchev–Trinajstić information content (AvgIpc) is 3.24. The maximum atomic E-state index is 13.0. The van der Waals surface area contributed by atoms with Crippen LogP contribution in [0.2, 0.25) is 5.02 Å². The molecule has 1 aromatic heterocycles. The van der Waals surface area contributed by atoms with E-state index in [0.29, 0.717) is 46.8 Å². The number of ether oxygens (including phenoxy) is 2. The highest BCUT2D eigenvalue weighted by Crippen LogP contribution is 2.37. The van der Waals surface area contributed by atoms with E-state index in [0.717, 1.165) is 17.8 Å². The summed E-state index contributed by atoms with van der Waals surface area (Å²) < 4.78 is 11.4.